The number of hydrogen-bond acceptors (Lipinski definition) is 6. The molecule has 8 heteroatoms. The molecule has 2 aliphatic rings. The third-order valence-corrected chi connectivity index (χ3v) is 8.00. The van der Waals surface area contributed by atoms with Gasteiger partial charge < -0.3 is 9.72 Å². The monoisotopic (exact) mass is 438 g/mol. The summed E-state index contributed by atoms with van der Waals surface area (Å²) in [5.74, 6) is 0.215. The third kappa shape index (κ3) is 3.99. The standard InChI is InChI=1S/C23H30N6OS/c1-15(2)21-20(26-27-31-21)22(30)25-17-10-23(11-17)6-8-28(9-7-23)14-18-12-24-19-5-4-16(3)13-29(18)19/h4-5,12-13,15,17H,6-11,14H2,1-3H3,(H,25,30). The molecule has 7 nitrogen and oxygen atoms in total. The molecule has 1 aliphatic heterocycles. The lowest BCUT2D eigenvalue weighted by Gasteiger charge is -2.52. The Labute approximate surface area is 187 Å². The van der Waals surface area contributed by atoms with Gasteiger partial charge in [-0.3, -0.25) is 9.69 Å². The highest BCUT2D eigenvalue weighted by Gasteiger charge is 2.46. The van der Waals surface area contributed by atoms with Crippen molar-refractivity contribution in [2.75, 3.05) is 13.1 Å². The van der Waals surface area contributed by atoms with Gasteiger partial charge in [0, 0.05) is 18.8 Å². The van der Waals surface area contributed by atoms with Crippen LogP contribution in [0, 0.1) is 12.3 Å². The number of imidazole rings is 1. The Bertz CT molecular complexity index is 1090. The minimum Gasteiger partial charge on any atom is -0.348 e. The molecule has 1 aliphatic carbocycles. The summed E-state index contributed by atoms with van der Waals surface area (Å²) in [6.45, 7) is 9.42. The number of aromatic nitrogens is 4. The van der Waals surface area contributed by atoms with Crippen molar-refractivity contribution >= 4 is 23.1 Å². The topological polar surface area (TPSA) is 75.4 Å². The van der Waals surface area contributed by atoms with Gasteiger partial charge in [-0.25, -0.2) is 4.98 Å². The molecule has 1 N–H and O–H groups in total. The fraction of sp³-hybridized carbons (Fsp3) is 0.565. The average Bonchev–Trinajstić information content (AvgIpc) is 3.36. The minimum absolute atomic E-state index is 0.0577. The molecule has 5 rings (SSSR count). The van der Waals surface area contributed by atoms with Crippen LogP contribution < -0.4 is 5.32 Å². The van der Waals surface area contributed by atoms with E-state index in [9.17, 15) is 4.79 Å². The summed E-state index contributed by atoms with van der Waals surface area (Å²) in [7, 11) is 0. The van der Waals surface area contributed by atoms with E-state index >= 15 is 0 Å². The van der Waals surface area contributed by atoms with Crippen molar-refractivity contribution in [1.82, 2.24) is 29.2 Å². The van der Waals surface area contributed by atoms with Gasteiger partial charge >= 0.3 is 0 Å². The van der Waals surface area contributed by atoms with Gasteiger partial charge in [-0.2, -0.15) is 0 Å². The van der Waals surface area contributed by atoms with Gasteiger partial charge in [0.25, 0.3) is 5.91 Å². The van der Waals surface area contributed by atoms with E-state index in [1.54, 1.807) is 0 Å². The van der Waals surface area contributed by atoms with E-state index in [1.807, 2.05) is 6.20 Å². The van der Waals surface area contributed by atoms with Gasteiger partial charge in [0.1, 0.15) is 5.65 Å². The molecule has 31 heavy (non-hydrogen) atoms. The number of piperidine rings is 1. The molecule has 4 heterocycles. The molecular formula is C23H30N6OS. The first-order valence-electron chi connectivity index (χ1n) is 11.2. The number of fused-ring (bicyclic) bond motifs is 1. The number of likely N-dealkylation sites (tertiary alicyclic amines) is 1. The molecular weight excluding hydrogens is 408 g/mol. The largest absolute Gasteiger partial charge is 0.348 e. The Kier molecular flexibility index (Phi) is 5.30. The zero-order valence-electron chi connectivity index (χ0n) is 18.5. The van der Waals surface area contributed by atoms with Crippen molar-refractivity contribution in [3.63, 3.8) is 0 Å². The maximum absolute atomic E-state index is 12.6. The molecule has 164 valence electrons. The molecule has 0 atom stereocenters. The normalized spacial score (nSPS) is 19.2. The molecule has 1 saturated carbocycles. The lowest BCUT2D eigenvalue weighted by molar-refractivity contribution is 0.00422. The van der Waals surface area contributed by atoms with Crippen molar-refractivity contribution in [2.24, 2.45) is 5.41 Å². The number of carbonyl (C=O) groups excluding carboxylic acids is 1. The summed E-state index contributed by atoms with van der Waals surface area (Å²) in [6, 6.07) is 4.46. The second-order valence-corrected chi connectivity index (χ2v) is 10.5. The first-order valence-corrected chi connectivity index (χ1v) is 12.0. The molecule has 3 aromatic rings. The van der Waals surface area contributed by atoms with Crippen LogP contribution in [0.3, 0.4) is 0 Å². The minimum atomic E-state index is -0.0577. The van der Waals surface area contributed by atoms with Crippen molar-refractivity contribution in [1.29, 1.82) is 0 Å². The highest BCUT2D eigenvalue weighted by Crippen LogP contribution is 2.49. The summed E-state index contributed by atoms with van der Waals surface area (Å²) in [5.41, 5.74) is 4.43. The fourth-order valence-corrected chi connectivity index (χ4v) is 5.79. The predicted octanol–water partition coefficient (Wildman–Crippen LogP) is 3.79. The zero-order chi connectivity index (χ0) is 21.6. The highest BCUT2D eigenvalue weighted by molar-refractivity contribution is 7.05. The Morgan fingerprint density at radius 2 is 2.06 bits per heavy atom. The second-order valence-electron chi connectivity index (χ2n) is 9.68. The third-order valence-electron chi connectivity index (χ3n) is 6.98. The van der Waals surface area contributed by atoms with Gasteiger partial charge in [0.15, 0.2) is 5.69 Å². The van der Waals surface area contributed by atoms with Gasteiger partial charge in [-0.1, -0.05) is 24.4 Å². The molecule has 3 aromatic heterocycles. The van der Waals surface area contributed by atoms with Crippen molar-refractivity contribution in [2.45, 2.75) is 65.0 Å². The first kappa shape index (κ1) is 20.6. The van der Waals surface area contributed by atoms with E-state index in [1.165, 1.54) is 35.6 Å². The van der Waals surface area contributed by atoms with Crippen molar-refractivity contribution < 1.29 is 4.79 Å². The van der Waals surface area contributed by atoms with Crippen LogP contribution >= 0.6 is 11.5 Å². The van der Waals surface area contributed by atoms with Crippen LogP contribution in [0.2, 0.25) is 0 Å². The number of carbonyl (C=O) groups is 1. The van der Waals surface area contributed by atoms with E-state index in [0.717, 1.165) is 43.0 Å². The maximum atomic E-state index is 12.6. The number of amides is 1. The van der Waals surface area contributed by atoms with E-state index in [4.69, 9.17) is 0 Å². The number of rotatable bonds is 5. The molecule has 0 aromatic carbocycles. The Balaban J connectivity index is 1.13. The lowest BCUT2D eigenvalue weighted by Crippen LogP contribution is -2.54. The van der Waals surface area contributed by atoms with E-state index in [2.05, 4.69) is 68.3 Å². The molecule has 1 spiro atoms. The van der Waals surface area contributed by atoms with Crippen LogP contribution in [0.4, 0.5) is 0 Å². The van der Waals surface area contributed by atoms with Gasteiger partial charge in [0.2, 0.25) is 0 Å². The van der Waals surface area contributed by atoms with E-state index in [0.29, 0.717) is 11.1 Å². The number of nitrogens with zero attached hydrogens (tertiary/aromatic N) is 5. The Morgan fingerprint density at radius 1 is 1.29 bits per heavy atom. The molecule has 1 amide bonds. The quantitative estimate of drug-likeness (QED) is 0.656. The van der Waals surface area contributed by atoms with Gasteiger partial charge in [-0.05, 0) is 80.2 Å². The summed E-state index contributed by atoms with van der Waals surface area (Å²) >= 11 is 1.33. The van der Waals surface area contributed by atoms with E-state index in [-0.39, 0.29) is 17.9 Å². The molecule has 1 saturated heterocycles. The smallest absolute Gasteiger partial charge is 0.273 e. The van der Waals surface area contributed by atoms with Crippen LogP contribution in [0.15, 0.2) is 24.5 Å². The van der Waals surface area contributed by atoms with Gasteiger partial charge in [-0.15, -0.1) is 5.10 Å². The maximum Gasteiger partial charge on any atom is 0.273 e. The average molecular weight is 439 g/mol. The summed E-state index contributed by atoms with van der Waals surface area (Å²) < 4.78 is 6.20. The number of hydrogen-bond donors (Lipinski definition) is 1. The van der Waals surface area contributed by atoms with Crippen LogP contribution in [0.25, 0.3) is 5.65 Å². The molecule has 0 bridgehead atoms. The Morgan fingerprint density at radius 3 is 2.81 bits per heavy atom. The number of aryl methyl sites for hydroxylation is 1. The fourth-order valence-electron chi connectivity index (χ4n) is 5.15. The van der Waals surface area contributed by atoms with Crippen LogP contribution in [-0.2, 0) is 6.54 Å². The van der Waals surface area contributed by atoms with Crippen LogP contribution in [-0.4, -0.2) is 48.9 Å². The first-order chi connectivity index (χ1) is 14.9. The number of pyridine rings is 1. The van der Waals surface area contributed by atoms with E-state index < -0.39 is 0 Å². The van der Waals surface area contributed by atoms with Crippen LogP contribution in [0.1, 0.15) is 72.1 Å². The molecule has 0 radical (unpaired) electrons. The summed E-state index contributed by atoms with van der Waals surface area (Å²) in [5, 5.41) is 7.27. The highest BCUT2D eigenvalue weighted by atomic mass is 32.1. The Hall–Kier alpha value is -2.32. The summed E-state index contributed by atoms with van der Waals surface area (Å²) in [4.78, 5) is 20.7. The SMILES string of the molecule is Cc1ccc2ncc(CN3CCC4(CC3)CC(NC(=O)c3nnsc3C(C)C)C4)n2c1. The lowest BCUT2D eigenvalue weighted by atomic mass is 9.60. The zero-order valence-corrected chi connectivity index (χ0v) is 19.3. The number of nitrogens with one attached hydrogen (secondary N) is 1. The summed E-state index contributed by atoms with van der Waals surface area (Å²) in [6.07, 6.45) is 8.74. The predicted molar refractivity (Wildman–Crippen MR) is 121 cm³/mol. The second kappa shape index (κ2) is 7.98. The van der Waals surface area contributed by atoms with Gasteiger partial charge in [0.05, 0.1) is 16.8 Å². The van der Waals surface area contributed by atoms with Crippen molar-refractivity contribution in [3.05, 3.63) is 46.4 Å². The molecule has 0 unspecified atom stereocenters. The van der Waals surface area contributed by atoms with Crippen molar-refractivity contribution in [3.8, 4) is 0 Å². The molecule has 2 fully saturated rings. The van der Waals surface area contributed by atoms with Crippen LogP contribution in [0.5, 0.6) is 0 Å².